The summed E-state index contributed by atoms with van der Waals surface area (Å²) in [6.45, 7) is 9.04. The number of nitrogens with two attached hydrogens (primary N) is 1. The van der Waals surface area contributed by atoms with E-state index in [9.17, 15) is 4.79 Å². The van der Waals surface area contributed by atoms with Crippen LogP contribution in [0.25, 0.3) is 10.8 Å². The lowest BCUT2D eigenvalue weighted by Gasteiger charge is -2.28. The Morgan fingerprint density at radius 3 is 2.42 bits per heavy atom. The van der Waals surface area contributed by atoms with Crippen molar-refractivity contribution in [3.63, 3.8) is 0 Å². The molecule has 0 radical (unpaired) electrons. The first-order valence-electron chi connectivity index (χ1n) is 9.76. The van der Waals surface area contributed by atoms with Crippen molar-refractivity contribution in [1.82, 2.24) is 4.90 Å². The summed E-state index contributed by atoms with van der Waals surface area (Å²) < 4.78 is 5.66. The minimum Gasteiger partial charge on any atom is -0.460 e. The van der Waals surface area contributed by atoms with Crippen LogP contribution in [0.15, 0.2) is 36.4 Å². The number of fused-ring (bicyclic) bond motifs is 1. The number of esters is 1. The van der Waals surface area contributed by atoms with E-state index in [0.29, 0.717) is 17.9 Å². The smallest absolute Gasteiger partial charge is 0.338 e. The summed E-state index contributed by atoms with van der Waals surface area (Å²) in [6.07, 6.45) is 4.68. The van der Waals surface area contributed by atoms with E-state index in [-0.39, 0.29) is 12.0 Å². The molecule has 2 N–H and O–H groups in total. The first-order chi connectivity index (χ1) is 12.6. The van der Waals surface area contributed by atoms with Gasteiger partial charge in [-0.05, 0) is 55.8 Å². The summed E-state index contributed by atoms with van der Waals surface area (Å²) >= 11 is 0. The van der Waals surface area contributed by atoms with E-state index in [0.717, 1.165) is 23.9 Å². The van der Waals surface area contributed by atoms with Gasteiger partial charge in [0.05, 0.1) is 5.56 Å². The zero-order valence-corrected chi connectivity index (χ0v) is 16.3. The number of hydrogen-bond acceptors (Lipinski definition) is 4. The van der Waals surface area contributed by atoms with Crippen LogP contribution in [0.2, 0.25) is 0 Å². The lowest BCUT2D eigenvalue weighted by Crippen LogP contribution is -2.38. The molecular formula is C22H32N2O2. The first kappa shape index (κ1) is 20.2. The Morgan fingerprint density at radius 2 is 1.77 bits per heavy atom. The molecule has 0 fully saturated rings. The van der Waals surface area contributed by atoms with Gasteiger partial charge in [-0.25, -0.2) is 4.79 Å². The van der Waals surface area contributed by atoms with E-state index in [4.69, 9.17) is 10.5 Å². The van der Waals surface area contributed by atoms with Gasteiger partial charge in [0.25, 0.3) is 0 Å². The normalized spacial score (nSPS) is 12.5. The van der Waals surface area contributed by atoms with Crippen LogP contribution < -0.4 is 5.73 Å². The second-order valence-corrected chi connectivity index (χ2v) is 6.98. The van der Waals surface area contributed by atoms with E-state index in [1.165, 1.54) is 25.7 Å². The van der Waals surface area contributed by atoms with Crippen LogP contribution in [0, 0.1) is 0 Å². The predicted octanol–water partition coefficient (Wildman–Crippen LogP) is 4.87. The Labute approximate surface area is 157 Å². The Kier molecular flexibility index (Phi) is 7.92. The predicted molar refractivity (Wildman–Crippen MR) is 109 cm³/mol. The molecule has 0 saturated heterocycles. The van der Waals surface area contributed by atoms with Crippen LogP contribution in [0.3, 0.4) is 0 Å². The third-order valence-corrected chi connectivity index (χ3v) is 4.78. The zero-order valence-electron chi connectivity index (χ0n) is 16.3. The molecule has 0 spiro atoms. The molecule has 0 aliphatic carbocycles. The highest BCUT2D eigenvalue weighted by atomic mass is 16.5. The SMILES string of the molecule is CCCCN(CCCC)C(C)COC(=O)c1cc(N)cc2ccccc12. The lowest BCUT2D eigenvalue weighted by molar-refractivity contribution is 0.0369. The average Bonchev–Trinajstić information content (AvgIpc) is 2.65. The van der Waals surface area contributed by atoms with Gasteiger partial charge in [0.2, 0.25) is 0 Å². The average molecular weight is 357 g/mol. The number of carbonyl (C=O) groups is 1. The molecule has 2 aromatic carbocycles. The topological polar surface area (TPSA) is 55.6 Å². The van der Waals surface area contributed by atoms with Crippen LogP contribution in [0.4, 0.5) is 5.69 Å². The molecule has 4 heteroatoms. The van der Waals surface area contributed by atoms with Crippen molar-refractivity contribution in [2.75, 3.05) is 25.4 Å². The van der Waals surface area contributed by atoms with E-state index < -0.39 is 0 Å². The van der Waals surface area contributed by atoms with E-state index in [2.05, 4.69) is 25.7 Å². The molecule has 1 atom stereocenters. The van der Waals surface area contributed by atoms with Gasteiger partial charge < -0.3 is 10.5 Å². The number of hydrogen-bond donors (Lipinski definition) is 1. The Balaban J connectivity index is 2.05. The van der Waals surface area contributed by atoms with Crippen molar-refractivity contribution >= 4 is 22.4 Å². The lowest BCUT2D eigenvalue weighted by atomic mass is 10.0. The molecule has 26 heavy (non-hydrogen) atoms. The molecule has 0 aromatic heterocycles. The molecule has 0 heterocycles. The Bertz CT molecular complexity index is 706. The maximum atomic E-state index is 12.7. The summed E-state index contributed by atoms with van der Waals surface area (Å²) in [4.78, 5) is 15.1. The summed E-state index contributed by atoms with van der Waals surface area (Å²) in [6, 6.07) is 11.6. The van der Waals surface area contributed by atoms with Crippen molar-refractivity contribution in [2.24, 2.45) is 0 Å². The standard InChI is InChI=1S/C22H32N2O2/c1-4-6-12-24(13-7-5-2)17(3)16-26-22(25)21-15-19(23)14-18-10-8-9-11-20(18)21/h8-11,14-15,17H,4-7,12-13,16,23H2,1-3H3. The molecule has 1 unspecified atom stereocenters. The number of ether oxygens (including phenoxy) is 1. The van der Waals surface area contributed by atoms with Crippen LogP contribution in [0.5, 0.6) is 0 Å². The molecule has 0 bridgehead atoms. The van der Waals surface area contributed by atoms with Gasteiger partial charge in [-0.1, -0.05) is 51.0 Å². The maximum absolute atomic E-state index is 12.7. The van der Waals surface area contributed by atoms with Crippen molar-refractivity contribution < 1.29 is 9.53 Å². The van der Waals surface area contributed by atoms with Gasteiger partial charge >= 0.3 is 5.97 Å². The monoisotopic (exact) mass is 356 g/mol. The first-order valence-corrected chi connectivity index (χ1v) is 9.76. The molecular weight excluding hydrogens is 324 g/mol. The van der Waals surface area contributed by atoms with E-state index in [1.54, 1.807) is 6.07 Å². The summed E-state index contributed by atoms with van der Waals surface area (Å²) in [5.74, 6) is -0.300. The van der Waals surface area contributed by atoms with Crippen molar-refractivity contribution in [3.05, 3.63) is 42.0 Å². The minimum absolute atomic E-state index is 0.212. The van der Waals surface area contributed by atoms with E-state index >= 15 is 0 Å². The Hall–Kier alpha value is -2.07. The number of benzene rings is 2. The van der Waals surface area contributed by atoms with Gasteiger partial charge in [-0.2, -0.15) is 0 Å². The number of anilines is 1. The minimum atomic E-state index is -0.300. The quantitative estimate of drug-likeness (QED) is 0.487. The van der Waals surface area contributed by atoms with Crippen molar-refractivity contribution in [3.8, 4) is 0 Å². The highest BCUT2D eigenvalue weighted by molar-refractivity contribution is 6.05. The maximum Gasteiger partial charge on any atom is 0.338 e. The molecule has 4 nitrogen and oxygen atoms in total. The van der Waals surface area contributed by atoms with E-state index in [1.807, 2.05) is 30.3 Å². The second-order valence-electron chi connectivity index (χ2n) is 6.98. The van der Waals surface area contributed by atoms with Crippen LogP contribution in [-0.2, 0) is 4.74 Å². The molecule has 0 amide bonds. The van der Waals surface area contributed by atoms with Gasteiger partial charge in [-0.15, -0.1) is 0 Å². The number of nitrogens with zero attached hydrogens (tertiary/aromatic N) is 1. The van der Waals surface area contributed by atoms with Crippen LogP contribution in [-0.4, -0.2) is 36.6 Å². The molecule has 2 rings (SSSR count). The van der Waals surface area contributed by atoms with Crippen molar-refractivity contribution in [2.45, 2.75) is 52.5 Å². The fourth-order valence-electron chi connectivity index (χ4n) is 3.16. The highest BCUT2D eigenvalue weighted by Gasteiger charge is 2.17. The summed E-state index contributed by atoms with van der Waals surface area (Å²) in [5.41, 5.74) is 7.08. The third-order valence-electron chi connectivity index (χ3n) is 4.78. The fraction of sp³-hybridized carbons (Fsp3) is 0.500. The van der Waals surface area contributed by atoms with Gasteiger partial charge in [0.15, 0.2) is 0 Å². The fourth-order valence-corrected chi connectivity index (χ4v) is 3.16. The van der Waals surface area contributed by atoms with Crippen molar-refractivity contribution in [1.29, 1.82) is 0 Å². The zero-order chi connectivity index (χ0) is 18.9. The molecule has 0 aliphatic rings. The summed E-state index contributed by atoms with van der Waals surface area (Å²) in [7, 11) is 0. The number of nitrogen functional groups attached to an aromatic ring is 1. The molecule has 142 valence electrons. The van der Waals surface area contributed by atoms with Gasteiger partial charge in [-0.3, -0.25) is 4.90 Å². The van der Waals surface area contributed by atoms with Gasteiger partial charge in [0, 0.05) is 11.7 Å². The molecule has 0 saturated carbocycles. The number of carbonyl (C=O) groups excluding carboxylic acids is 1. The largest absolute Gasteiger partial charge is 0.460 e. The van der Waals surface area contributed by atoms with Crippen LogP contribution in [0.1, 0.15) is 56.8 Å². The third kappa shape index (κ3) is 5.46. The number of rotatable bonds is 10. The highest BCUT2D eigenvalue weighted by Crippen LogP contribution is 2.23. The second kappa shape index (κ2) is 10.2. The Morgan fingerprint density at radius 1 is 1.12 bits per heavy atom. The van der Waals surface area contributed by atoms with Gasteiger partial charge in [0.1, 0.15) is 6.61 Å². The van der Waals surface area contributed by atoms with Crippen LogP contribution >= 0.6 is 0 Å². The summed E-state index contributed by atoms with van der Waals surface area (Å²) in [5, 5.41) is 1.84. The number of unbranched alkanes of at least 4 members (excludes halogenated alkanes) is 2. The molecule has 0 aliphatic heterocycles. The molecule has 2 aromatic rings.